The molecule has 7 nitrogen and oxygen atoms in total. The third kappa shape index (κ3) is 4.09. The van der Waals surface area contributed by atoms with E-state index in [2.05, 4.69) is 14.2 Å². The van der Waals surface area contributed by atoms with E-state index in [4.69, 9.17) is 18.1 Å². The van der Waals surface area contributed by atoms with Gasteiger partial charge in [0.2, 0.25) is 0 Å². The fraction of sp³-hybridized carbons (Fsp3) is 1.00. The number of rotatable bonds is 4. The molecular formula is C6H10BN3O4S. The molecule has 2 radical (unpaired) electrons. The molecule has 15 heavy (non-hydrogen) atoms. The molecule has 0 aromatic rings. The summed E-state index contributed by atoms with van der Waals surface area (Å²) in [7, 11) is 1.95. The van der Waals surface area contributed by atoms with Crippen molar-refractivity contribution in [3.8, 4) is 0 Å². The minimum Gasteiger partial charge on any atom is -0.382 e. The van der Waals surface area contributed by atoms with Gasteiger partial charge in [-0.25, -0.2) is 0 Å². The molecule has 1 rings (SSSR count). The Morgan fingerprint density at radius 3 is 2.93 bits per heavy atom. The normalized spacial score (nSPS) is 31.1. The van der Waals surface area contributed by atoms with Crippen LogP contribution in [-0.4, -0.2) is 47.3 Å². The van der Waals surface area contributed by atoms with Gasteiger partial charge in [0.1, 0.15) is 7.85 Å². The van der Waals surface area contributed by atoms with E-state index in [1.807, 2.05) is 0 Å². The first-order valence-corrected chi connectivity index (χ1v) is 6.03. The molecule has 1 aliphatic rings. The molecule has 0 amide bonds. The third-order valence-electron chi connectivity index (χ3n) is 1.90. The Hall–Kier alpha value is -0.755. The van der Waals surface area contributed by atoms with Crippen LogP contribution in [0, 0.1) is 0 Å². The van der Waals surface area contributed by atoms with Crippen molar-refractivity contribution < 1.29 is 17.3 Å². The van der Waals surface area contributed by atoms with Crippen LogP contribution in [0.5, 0.6) is 0 Å². The van der Waals surface area contributed by atoms with Gasteiger partial charge in [-0.1, -0.05) is 5.11 Å². The zero-order chi connectivity index (χ0) is 11.5. The van der Waals surface area contributed by atoms with E-state index >= 15 is 0 Å². The van der Waals surface area contributed by atoms with Gasteiger partial charge in [-0.2, -0.15) is 8.42 Å². The van der Waals surface area contributed by atoms with Crippen LogP contribution in [0.3, 0.4) is 0 Å². The molecule has 82 valence electrons. The molecule has 0 unspecified atom stereocenters. The van der Waals surface area contributed by atoms with Crippen molar-refractivity contribution in [3.63, 3.8) is 0 Å². The van der Waals surface area contributed by atoms with Crippen molar-refractivity contribution in [1.82, 2.24) is 0 Å². The lowest BCUT2D eigenvalue weighted by Gasteiger charge is -2.13. The lowest BCUT2D eigenvalue weighted by Crippen LogP contribution is -2.26. The van der Waals surface area contributed by atoms with E-state index in [0.29, 0.717) is 6.42 Å². The molecule has 0 aromatic carbocycles. The van der Waals surface area contributed by atoms with Crippen molar-refractivity contribution >= 4 is 18.0 Å². The summed E-state index contributed by atoms with van der Waals surface area (Å²) in [5.74, 6) is 0. The summed E-state index contributed by atoms with van der Waals surface area (Å²) in [5.41, 5.74) is 8.26. The average Bonchev–Trinajstić information content (AvgIpc) is 2.42. The Kier molecular flexibility index (Phi) is 3.98. The summed E-state index contributed by atoms with van der Waals surface area (Å²) in [6, 6.07) is -1.03. The lowest BCUT2D eigenvalue weighted by molar-refractivity contribution is 0.0479. The minimum absolute atomic E-state index is 0.184. The van der Waals surface area contributed by atoms with Gasteiger partial charge in [-0.05, 0) is 12.0 Å². The first-order valence-electron chi connectivity index (χ1n) is 4.22. The molecule has 1 fully saturated rings. The SMILES string of the molecule is [B][C@H]1C[C@H](N=[N+]=[N-])[C@H](COS(C)(=O)=O)O1. The number of azide groups is 1. The Bertz CT molecular complexity index is 367. The summed E-state index contributed by atoms with van der Waals surface area (Å²) < 4.78 is 31.1. The fourth-order valence-electron chi connectivity index (χ4n) is 1.29. The topological polar surface area (TPSA) is 101 Å². The Balaban J connectivity index is 2.56. The maximum absolute atomic E-state index is 10.7. The van der Waals surface area contributed by atoms with Gasteiger partial charge in [0, 0.05) is 10.9 Å². The Morgan fingerprint density at radius 2 is 2.40 bits per heavy atom. The van der Waals surface area contributed by atoms with E-state index < -0.39 is 28.3 Å². The summed E-state index contributed by atoms with van der Waals surface area (Å²) in [5, 5.41) is 3.46. The number of hydrogen-bond acceptors (Lipinski definition) is 5. The second kappa shape index (κ2) is 4.85. The molecule has 9 heteroatoms. The maximum Gasteiger partial charge on any atom is 0.264 e. The van der Waals surface area contributed by atoms with Gasteiger partial charge in [0.25, 0.3) is 10.1 Å². The van der Waals surface area contributed by atoms with Crippen LogP contribution in [0.1, 0.15) is 6.42 Å². The van der Waals surface area contributed by atoms with Crippen LogP contribution in [0.2, 0.25) is 0 Å². The summed E-state index contributed by atoms with van der Waals surface area (Å²) in [4.78, 5) is 2.63. The molecule has 0 aliphatic carbocycles. The van der Waals surface area contributed by atoms with Crippen LogP contribution < -0.4 is 0 Å². The number of hydrogen-bond donors (Lipinski definition) is 0. The van der Waals surface area contributed by atoms with Crippen LogP contribution in [-0.2, 0) is 19.0 Å². The van der Waals surface area contributed by atoms with Crippen LogP contribution in [0.4, 0.5) is 0 Å². The first-order chi connectivity index (χ1) is 6.92. The van der Waals surface area contributed by atoms with Crippen molar-refractivity contribution in [1.29, 1.82) is 0 Å². The van der Waals surface area contributed by atoms with Gasteiger partial charge in [0.15, 0.2) is 0 Å². The maximum atomic E-state index is 10.7. The number of ether oxygens (including phenoxy) is 1. The standard InChI is InChI=1S/C6H10BN3O4S/c1-15(11,12)13-3-5-4(9-10-8)2-6(7)14-5/h4-6H,2-3H2,1H3/t4-,5-,6+/m0/s1. The molecule has 3 atom stereocenters. The predicted octanol–water partition coefficient (Wildman–Crippen LogP) is -0.0750. The molecule has 0 bridgehead atoms. The summed E-state index contributed by atoms with van der Waals surface area (Å²) in [6.07, 6.45) is 0.692. The van der Waals surface area contributed by atoms with Gasteiger partial charge in [0.05, 0.1) is 25.0 Å². The second-order valence-corrected chi connectivity index (χ2v) is 4.85. The van der Waals surface area contributed by atoms with Crippen molar-refractivity contribution in [2.75, 3.05) is 12.9 Å². The molecule has 1 saturated heterocycles. The molecule has 0 aromatic heterocycles. The highest BCUT2D eigenvalue weighted by molar-refractivity contribution is 7.85. The van der Waals surface area contributed by atoms with E-state index in [9.17, 15) is 8.42 Å². The molecule has 0 spiro atoms. The lowest BCUT2D eigenvalue weighted by atomic mass is 9.95. The smallest absolute Gasteiger partial charge is 0.264 e. The molecule has 1 heterocycles. The van der Waals surface area contributed by atoms with Crippen LogP contribution >= 0.6 is 0 Å². The molecule has 1 aliphatic heterocycles. The largest absolute Gasteiger partial charge is 0.382 e. The molecular weight excluding hydrogens is 221 g/mol. The van der Waals surface area contributed by atoms with Gasteiger partial charge in [-0.3, -0.25) is 4.18 Å². The summed E-state index contributed by atoms with van der Waals surface area (Å²) in [6.45, 7) is -0.184. The summed E-state index contributed by atoms with van der Waals surface area (Å²) >= 11 is 0. The van der Waals surface area contributed by atoms with E-state index in [1.54, 1.807) is 0 Å². The molecule has 0 saturated carbocycles. The van der Waals surface area contributed by atoms with E-state index in [0.717, 1.165) is 6.26 Å². The third-order valence-corrected chi connectivity index (χ3v) is 2.46. The Labute approximate surface area is 88.9 Å². The van der Waals surface area contributed by atoms with Gasteiger partial charge < -0.3 is 4.74 Å². The predicted molar refractivity (Wildman–Crippen MR) is 52.8 cm³/mol. The van der Waals surface area contributed by atoms with Crippen molar-refractivity contribution in [2.45, 2.75) is 24.6 Å². The second-order valence-electron chi connectivity index (χ2n) is 3.21. The molecule has 0 N–H and O–H groups in total. The minimum atomic E-state index is -3.52. The zero-order valence-electron chi connectivity index (χ0n) is 8.11. The highest BCUT2D eigenvalue weighted by Crippen LogP contribution is 2.22. The quantitative estimate of drug-likeness (QED) is 0.222. The zero-order valence-corrected chi connectivity index (χ0v) is 8.92. The fourth-order valence-corrected chi connectivity index (χ4v) is 1.67. The van der Waals surface area contributed by atoms with E-state index in [-0.39, 0.29) is 6.61 Å². The highest BCUT2D eigenvalue weighted by atomic mass is 32.2. The van der Waals surface area contributed by atoms with E-state index in [1.165, 1.54) is 0 Å². The van der Waals surface area contributed by atoms with Crippen molar-refractivity contribution in [3.05, 3.63) is 10.4 Å². The van der Waals surface area contributed by atoms with Crippen LogP contribution in [0.25, 0.3) is 10.4 Å². The average molecular weight is 231 g/mol. The highest BCUT2D eigenvalue weighted by Gasteiger charge is 2.32. The van der Waals surface area contributed by atoms with Gasteiger partial charge in [-0.15, -0.1) is 0 Å². The Morgan fingerprint density at radius 1 is 1.73 bits per heavy atom. The first kappa shape index (κ1) is 12.3. The van der Waals surface area contributed by atoms with Crippen LogP contribution in [0.15, 0.2) is 5.11 Å². The van der Waals surface area contributed by atoms with Crippen molar-refractivity contribution in [2.24, 2.45) is 5.11 Å². The number of nitrogens with zero attached hydrogens (tertiary/aromatic N) is 3. The monoisotopic (exact) mass is 231 g/mol. The van der Waals surface area contributed by atoms with Gasteiger partial charge >= 0.3 is 0 Å².